The van der Waals surface area contributed by atoms with Gasteiger partial charge < -0.3 is 5.32 Å². The van der Waals surface area contributed by atoms with Gasteiger partial charge in [0, 0.05) is 6.54 Å². The van der Waals surface area contributed by atoms with Crippen LogP contribution in [0, 0.1) is 17.1 Å². The number of halogens is 2. The van der Waals surface area contributed by atoms with E-state index in [-0.39, 0.29) is 10.6 Å². The Hall–Kier alpha value is -1.11. The number of hydrogen-bond acceptors (Lipinski definition) is 2. The van der Waals surface area contributed by atoms with Crippen molar-refractivity contribution in [2.45, 2.75) is 13.5 Å². The van der Waals surface area contributed by atoms with E-state index in [0.29, 0.717) is 6.54 Å². The van der Waals surface area contributed by atoms with Gasteiger partial charge in [0.1, 0.15) is 17.4 Å². The van der Waals surface area contributed by atoms with Crippen LogP contribution < -0.4 is 5.32 Å². The first kappa shape index (κ1) is 11.0. The zero-order valence-electron chi connectivity index (χ0n) is 7.77. The Morgan fingerprint density at radius 1 is 1.57 bits per heavy atom. The summed E-state index contributed by atoms with van der Waals surface area (Å²) >= 11 is 5.85. The molecule has 4 heteroatoms. The third-order valence-corrected chi connectivity index (χ3v) is 2.28. The van der Waals surface area contributed by atoms with Crippen LogP contribution in [0.5, 0.6) is 0 Å². The van der Waals surface area contributed by atoms with Crippen molar-refractivity contribution in [3.8, 4) is 6.07 Å². The Morgan fingerprint density at radius 3 is 2.86 bits per heavy atom. The van der Waals surface area contributed by atoms with Crippen molar-refractivity contribution < 1.29 is 4.39 Å². The van der Waals surface area contributed by atoms with Gasteiger partial charge in [-0.25, -0.2) is 4.39 Å². The molecule has 0 aliphatic carbocycles. The minimum atomic E-state index is -0.572. The fourth-order valence-corrected chi connectivity index (χ4v) is 1.36. The largest absolute Gasteiger partial charge is 0.313 e. The number of benzene rings is 1. The smallest absolute Gasteiger partial charge is 0.142 e. The lowest BCUT2D eigenvalue weighted by molar-refractivity contribution is 0.622. The van der Waals surface area contributed by atoms with Crippen LogP contribution in [0.2, 0.25) is 5.02 Å². The van der Waals surface area contributed by atoms with Gasteiger partial charge in [0.2, 0.25) is 0 Å². The molecule has 0 atom stereocenters. The third kappa shape index (κ3) is 2.22. The van der Waals surface area contributed by atoms with E-state index in [1.54, 1.807) is 12.1 Å². The molecule has 0 saturated heterocycles. The zero-order valence-corrected chi connectivity index (χ0v) is 8.53. The van der Waals surface area contributed by atoms with Crippen LogP contribution in [0.4, 0.5) is 4.39 Å². The van der Waals surface area contributed by atoms with E-state index in [0.717, 1.165) is 12.1 Å². The van der Waals surface area contributed by atoms with Crippen LogP contribution in [0.25, 0.3) is 0 Å². The monoisotopic (exact) mass is 212 g/mol. The van der Waals surface area contributed by atoms with Crippen molar-refractivity contribution >= 4 is 11.6 Å². The third-order valence-electron chi connectivity index (χ3n) is 1.85. The van der Waals surface area contributed by atoms with E-state index in [1.807, 2.05) is 6.92 Å². The first-order valence-corrected chi connectivity index (χ1v) is 4.66. The molecule has 0 saturated carbocycles. The molecule has 0 amide bonds. The van der Waals surface area contributed by atoms with Gasteiger partial charge in [-0.1, -0.05) is 24.6 Å². The van der Waals surface area contributed by atoms with Crippen molar-refractivity contribution in [2.24, 2.45) is 0 Å². The summed E-state index contributed by atoms with van der Waals surface area (Å²) in [6.07, 6.45) is 0. The average Bonchev–Trinajstić information content (AvgIpc) is 2.18. The summed E-state index contributed by atoms with van der Waals surface area (Å²) in [6.45, 7) is 3.31. The van der Waals surface area contributed by atoms with Gasteiger partial charge in [0.25, 0.3) is 0 Å². The topological polar surface area (TPSA) is 35.8 Å². The Balaban J connectivity index is 3.04. The molecule has 0 spiro atoms. The minimum Gasteiger partial charge on any atom is -0.313 e. The summed E-state index contributed by atoms with van der Waals surface area (Å²) in [5, 5.41) is 11.9. The van der Waals surface area contributed by atoms with E-state index in [2.05, 4.69) is 5.32 Å². The van der Waals surface area contributed by atoms with Crippen molar-refractivity contribution in [2.75, 3.05) is 6.54 Å². The molecule has 0 unspecified atom stereocenters. The molecule has 0 radical (unpaired) electrons. The number of hydrogen-bond donors (Lipinski definition) is 1. The standard InChI is InChI=1S/C10H10ClFN2/c1-2-14-6-7-3-4-9(12)8(5-13)10(7)11/h3-4,14H,2,6H2,1H3. The normalized spacial score (nSPS) is 9.86. The first-order chi connectivity index (χ1) is 6.70. The summed E-state index contributed by atoms with van der Waals surface area (Å²) in [6, 6.07) is 4.59. The summed E-state index contributed by atoms with van der Waals surface area (Å²) in [5.74, 6) is -0.572. The van der Waals surface area contributed by atoms with E-state index in [4.69, 9.17) is 16.9 Å². The highest BCUT2D eigenvalue weighted by Crippen LogP contribution is 2.23. The molecule has 0 bridgehead atoms. The number of nitrogens with one attached hydrogen (secondary N) is 1. The maximum Gasteiger partial charge on any atom is 0.142 e. The van der Waals surface area contributed by atoms with Crippen LogP contribution in [-0.4, -0.2) is 6.54 Å². The molecule has 0 fully saturated rings. The Kier molecular flexibility index (Phi) is 3.87. The molecule has 1 N–H and O–H groups in total. The maximum atomic E-state index is 13.0. The molecule has 1 aromatic rings. The second kappa shape index (κ2) is 4.94. The lowest BCUT2D eigenvalue weighted by atomic mass is 10.1. The lowest BCUT2D eigenvalue weighted by Gasteiger charge is -2.06. The fraction of sp³-hybridized carbons (Fsp3) is 0.300. The van der Waals surface area contributed by atoms with Crippen molar-refractivity contribution in [3.63, 3.8) is 0 Å². The molecule has 0 heterocycles. The molecule has 1 rings (SSSR count). The van der Waals surface area contributed by atoms with Gasteiger partial charge in [-0.2, -0.15) is 5.26 Å². The molecular formula is C10H10ClFN2. The number of nitrogens with zero attached hydrogens (tertiary/aromatic N) is 1. The first-order valence-electron chi connectivity index (χ1n) is 4.28. The Bertz CT molecular complexity index is 371. The van der Waals surface area contributed by atoms with Gasteiger partial charge in [0.15, 0.2) is 0 Å². The predicted molar refractivity (Wildman–Crippen MR) is 53.5 cm³/mol. The summed E-state index contributed by atoms with van der Waals surface area (Å²) in [7, 11) is 0. The summed E-state index contributed by atoms with van der Waals surface area (Å²) in [4.78, 5) is 0. The molecule has 14 heavy (non-hydrogen) atoms. The quantitative estimate of drug-likeness (QED) is 0.836. The average molecular weight is 213 g/mol. The van der Waals surface area contributed by atoms with E-state index in [1.165, 1.54) is 6.07 Å². The Morgan fingerprint density at radius 2 is 2.29 bits per heavy atom. The van der Waals surface area contributed by atoms with Gasteiger partial charge in [-0.3, -0.25) is 0 Å². The van der Waals surface area contributed by atoms with Gasteiger partial charge in [-0.15, -0.1) is 0 Å². The molecule has 1 aromatic carbocycles. The highest BCUT2D eigenvalue weighted by molar-refractivity contribution is 6.32. The predicted octanol–water partition coefficient (Wildman–Crippen LogP) is 2.46. The number of rotatable bonds is 3. The lowest BCUT2D eigenvalue weighted by Crippen LogP contribution is -2.12. The van der Waals surface area contributed by atoms with Crippen LogP contribution in [0.3, 0.4) is 0 Å². The molecule has 2 nitrogen and oxygen atoms in total. The maximum absolute atomic E-state index is 13.0. The Labute approximate surface area is 87.3 Å². The van der Waals surface area contributed by atoms with Gasteiger partial charge >= 0.3 is 0 Å². The van der Waals surface area contributed by atoms with Crippen molar-refractivity contribution in [1.29, 1.82) is 5.26 Å². The van der Waals surface area contributed by atoms with Crippen molar-refractivity contribution in [3.05, 3.63) is 34.1 Å². The van der Waals surface area contributed by atoms with Crippen LogP contribution in [-0.2, 0) is 6.54 Å². The van der Waals surface area contributed by atoms with E-state index >= 15 is 0 Å². The summed E-state index contributed by atoms with van der Waals surface area (Å²) in [5.41, 5.74) is 0.661. The zero-order chi connectivity index (χ0) is 10.6. The van der Waals surface area contributed by atoms with Gasteiger partial charge in [-0.05, 0) is 18.2 Å². The summed E-state index contributed by atoms with van der Waals surface area (Å²) < 4.78 is 13.0. The molecule has 74 valence electrons. The molecule has 0 aromatic heterocycles. The van der Waals surface area contributed by atoms with Crippen LogP contribution >= 0.6 is 11.6 Å². The second-order valence-electron chi connectivity index (χ2n) is 2.79. The van der Waals surface area contributed by atoms with Gasteiger partial charge in [0.05, 0.1) is 5.02 Å². The van der Waals surface area contributed by atoms with Crippen molar-refractivity contribution in [1.82, 2.24) is 5.32 Å². The molecule has 0 aliphatic heterocycles. The van der Waals surface area contributed by atoms with E-state index < -0.39 is 5.82 Å². The fourth-order valence-electron chi connectivity index (χ4n) is 1.09. The highest BCUT2D eigenvalue weighted by Gasteiger charge is 2.10. The SMILES string of the molecule is CCNCc1ccc(F)c(C#N)c1Cl. The van der Waals surface area contributed by atoms with Crippen LogP contribution in [0.1, 0.15) is 18.1 Å². The molecular weight excluding hydrogens is 203 g/mol. The van der Waals surface area contributed by atoms with E-state index in [9.17, 15) is 4.39 Å². The van der Waals surface area contributed by atoms with Crippen LogP contribution in [0.15, 0.2) is 12.1 Å². The number of nitriles is 1. The minimum absolute atomic E-state index is 0.0814. The second-order valence-corrected chi connectivity index (χ2v) is 3.17. The molecule has 0 aliphatic rings. The highest BCUT2D eigenvalue weighted by atomic mass is 35.5.